The van der Waals surface area contributed by atoms with Crippen molar-refractivity contribution in [2.45, 2.75) is 32.2 Å². The van der Waals surface area contributed by atoms with Crippen LogP contribution in [0.15, 0.2) is 18.5 Å². The number of aromatic carboxylic acids is 1. The van der Waals surface area contributed by atoms with Gasteiger partial charge >= 0.3 is 5.97 Å². The van der Waals surface area contributed by atoms with Gasteiger partial charge in [0.05, 0.1) is 5.69 Å². The fourth-order valence-electron chi connectivity index (χ4n) is 2.53. The predicted molar refractivity (Wildman–Crippen MR) is 74.6 cm³/mol. The van der Waals surface area contributed by atoms with Crippen molar-refractivity contribution >= 4 is 11.7 Å². The summed E-state index contributed by atoms with van der Waals surface area (Å²) in [6.45, 7) is 5.51. The molecule has 1 saturated heterocycles. The van der Waals surface area contributed by atoms with E-state index in [2.05, 4.69) is 22.1 Å². The number of carboxylic acids is 1. The van der Waals surface area contributed by atoms with Gasteiger partial charge in [-0.15, -0.1) is 0 Å². The molecule has 2 heterocycles. The third-order valence-electron chi connectivity index (χ3n) is 3.54. The van der Waals surface area contributed by atoms with E-state index < -0.39 is 5.97 Å². The molecule has 1 aliphatic heterocycles. The van der Waals surface area contributed by atoms with E-state index in [0.717, 1.165) is 32.5 Å². The fourth-order valence-corrected chi connectivity index (χ4v) is 2.53. The number of carboxylic acid groups (broad SMARTS) is 1. The van der Waals surface area contributed by atoms with E-state index in [1.54, 1.807) is 12.3 Å². The first kappa shape index (κ1) is 13.8. The second-order valence-corrected chi connectivity index (χ2v) is 4.99. The van der Waals surface area contributed by atoms with Crippen LogP contribution in [0.5, 0.6) is 0 Å². The van der Waals surface area contributed by atoms with Crippen LogP contribution in [-0.2, 0) is 0 Å². The molecule has 0 bridgehead atoms. The SMILES string of the molecule is CCCN1CCC(Nc2ccncc2C(=O)O)CC1. The number of likely N-dealkylation sites (tertiary alicyclic amines) is 1. The second kappa shape index (κ2) is 6.52. The minimum Gasteiger partial charge on any atom is -0.478 e. The van der Waals surface area contributed by atoms with Gasteiger partial charge in [-0.2, -0.15) is 0 Å². The minimum absolute atomic E-state index is 0.249. The van der Waals surface area contributed by atoms with Gasteiger partial charge in [-0.25, -0.2) is 4.79 Å². The lowest BCUT2D eigenvalue weighted by molar-refractivity contribution is 0.0697. The maximum absolute atomic E-state index is 11.1. The molecule has 0 aliphatic carbocycles. The number of carbonyl (C=O) groups is 1. The molecule has 0 amide bonds. The predicted octanol–water partition coefficient (Wildman–Crippen LogP) is 2.07. The molecule has 2 N–H and O–H groups in total. The summed E-state index contributed by atoms with van der Waals surface area (Å²) in [4.78, 5) is 17.4. The van der Waals surface area contributed by atoms with E-state index in [0.29, 0.717) is 11.7 Å². The van der Waals surface area contributed by atoms with E-state index in [4.69, 9.17) is 5.11 Å². The van der Waals surface area contributed by atoms with Crippen molar-refractivity contribution in [2.75, 3.05) is 25.0 Å². The van der Waals surface area contributed by atoms with Crippen molar-refractivity contribution in [1.29, 1.82) is 0 Å². The van der Waals surface area contributed by atoms with E-state index in [-0.39, 0.29) is 5.56 Å². The van der Waals surface area contributed by atoms with Crippen LogP contribution in [0.1, 0.15) is 36.5 Å². The smallest absolute Gasteiger partial charge is 0.339 e. The van der Waals surface area contributed by atoms with Crippen LogP contribution in [0.4, 0.5) is 5.69 Å². The minimum atomic E-state index is -0.931. The van der Waals surface area contributed by atoms with Crippen molar-refractivity contribution in [2.24, 2.45) is 0 Å². The third kappa shape index (κ3) is 3.67. The normalized spacial score (nSPS) is 17.3. The van der Waals surface area contributed by atoms with Crippen LogP contribution >= 0.6 is 0 Å². The molecule has 0 saturated carbocycles. The zero-order valence-corrected chi connectivity index (χ0v) is 11.3. The van der Waals surface area contributed by atoms with E-state index in [1.807, 2.05) is 0 Å². The summed E-state index contributed by atoms with van der Waals surface area (Å²) in [7, 11) is 0. The topological polar surface area (TPSA) is 65.5 Å². The van der Waals surface area contributed by atoms with Crippen LogP contribution in [0.2, 0.25) is 0 Å². The average molecular weight is 263 g/mol. The van der Waals surface area contributed by atoms with E-state index in [9.17, 15) is 4.79 Å². The Morgan fingerprint density at radius 2 is 2.26 bits per heavy atom. The Morgan fingerprint density at radius 3 is 2.89 bits per heavy atom. The third-order valence-corrected chi connectivity index (χ3v) is 3.54. The van der Waals surface area contributed by atoms with Crippen molar-refractivity contribution in [3.05, 3.63) is 24.0 Å². The number of aromatic nitrogens is 1. The van der Waals surface area contributed by atoms with Crippen LogP contribution < -0.4 is 5.32 Å². The summed E-state index contributed by atoms with van der Waals surface area (Å²) >= 11 is 0. The number of rotatable bonds is 5. The van der Waals surface area contributed by atoms with Crippen molar-refractivity contribution < 1.29 is 9.90 Å². The first-order chi connectivity index (χ1) is 9.20. The number of anilines is 1. The standard InChI is InChI=1S/C14H21N3O2/c1-2-7-17-8-4-11(5-9-17)16-13-3-6-15-10-12(13)14(18)19/h3,6,10-11H,2,4-5,7-9H2,1H3,(H,15,16)(H,18,19). The molecule has 0 spiro atoms. The maximum atomic E-state index is 11.1. The van der Waals surface area contributed by atoms with Crippen molar-refractivity contribution in [1.82, 2.24) is 9.88 Å². The molecule has 2 rings (SSSR count). The number of hydrogen-bond donors (Lipinski definition) is 2. The molecular weight excluding hydrogens is 242 g/mol. The molecule has 0 radical (unpaired) electrons. The summed E-state index contributed by atoms with van der Waals surface area (Å²) in [6, 6.07) is 2.09. The molecule has 19 heavy (non-hydrogen) atoms. The second-order valence-electron chi connectivity index (χ2n) is 4.99. The lowest BCUT2D eigenvalue weighted by atomic mass is 10.0. The van der Waals surface area contributed by atoms with Gasteiger partial charge in [0.2, 0.25) is 0 Å². The molecule has 1 aromatic heterocycles. The number of nitrogens with zero attached hydrogens (tertiary/aromatic N) is 2. The fraction of sp³-hybridized carbons (Fsp3) is 0.571. The highest BCUT2D eigenvalue weighted by Crippen LogP contribution is 2.19. The lowest BCUT2D eigenvalue weighted by Gasteiger charge is -2.32. The summed E-state index contributed by atoms with van der Waals surface area (Å²) in [5, 5.41) is 12.5. The average Bonchev–Trinajstić information content (AvgIpc) is 2.42. The summed E-state index contributed by atoms with van der Waals surface area (Å²) in [5.41, 5.74) is 0.926. The van der Waals surface area contributed by atoms with Gasteiger partial charge < -0.3 is 15.3 Å². The van der Waals surface area contributed by atoms with E-state index >= 15 is 0 Å². The highest BCUT2D eigenvalue weighted by atomic mass is 16.4. The molecule has 5 nitrogen and oxygen atoms in total. The Balaban J connectivity index is 1.94. The van der Waals surface area contributed by atoms with Crippen LogP contribution in [0.25, 0.3) is 0 Å². The van der Waals surface area contributed by atoms with Gasteiger partial charge in [-0.1, -0.05) is 6.92 Å². The van der Waals surface area contributed by atoms with Crippen LogP contribution in [-0.4, -0.2) is 46.6 Å². The van der Waals surface area contributed by atoms with Gasteiger partial charge in [0, 0.05) is 31.5 Å². The zero-order valence-electron chi connectivity index (χ0n) is 11.3. The van der Waals surface area contributed by atoms with Gasteiger partial charge in [0.1, 0.15) is 5.56 Å². The Labute approximate surface area is 113 Å². The van der Waals surface area contributed by atoms with Gasteiger partial charge in [0.25, 0.3) is 0 Å². The molecule has 1 fully saturated rings. The Kier molecular flexibility index (Phi) is 4.74. The highest BCUT2D eigenvalue weighted by Gasteiger charge is 2.20. The molecule has 0 aromatic carbocycles. The highest BCUT2D eigenvalue weighted by molar-refractivity contribution is 5.93. The van der Waals surface area contributed by atoms with E-state index in [1.165, 1.54) is 12.6 Å². The molecule has 0 atom stereocenters. The first-order valence-corrected chi connectivity index (χ1v) is 6.87. The van der Waals surface area contributed by atoms with Crippen LogP contribution in [0, 0.1) is 0 Å². The Bertz CT molecular complexity index is 428. The van der Waals surface area contributed by atoms with Crippen LogP contribution in [0.3, 0.4) is 0 Å². The number of piperidine rings is 1. The van der Waals surface area contributed by atoms with Gasteiger partial charge in [-0.05, 0) is 31.9 Å². The molecule has 104 valence electrons. The molecule has 1 aliphatic rings. The maximum Gasteiger partial charge on any atom is 0.339 e. The molecule has 1 aromatic rings. The lowest BCUT2D eigenvalue weighted by Crippen LogP contribution is -2.39. The van der Waals surface area contributed by atoms with Gasteiger partial charge in [-0.3, -0.25) is 4.98 Å². The monoisotopic (exact) mass is 263 g/mol. The van der Waals surface area contributed by atoms with Crippen molar-refractivity contribution in [3.63, 3.8) is 0 Å². The molecule has 5 heteroatoms. The molecular formula is C14H21N3O2. The number of hydrogen-bond acceptors (Lipinski definition) is 4. The van der Waals surface area contributed by atoms with Crippen molar-refractivity contribution in [3.8, 4) is 0 Å². The quantitative estimate of drug-likeness (QED) is 0.851. The van der Waals surface area contributed by atoms with Gasteiger partial charge in [0.15, 0.2) is 0 Å². The molecule has 0 unspecified atom stereocenters. The summed E-state index contributed by atoms with van der Waals surface area (Å²) in [5.74, 6) is -0.931. The Hall–Kier alpha value is -1.62. The number of pyridine rings is 1. The first-order valence-electron chi connectivity index (χ1n) is 6.87. The largest absolute Gasteiger partial charge is 0.478 e. The number of nitrogens with one attached hydrogen (secondary N) is 1. The summed E-state index contributed by atoms with van der Waals surface area (Å²) in [6.07, 6.45) is 6.33. The Morgan fingerprint density at radius 1 is 1.53 bits per heavy atom. The summed E-state index contributed by atoms with van der Waals surface area (Å²) < 4.78 is 0. The zero-order chi connectivity index (χ0) is 13.7.